The molecule has 1 atom stereocenters. The fourth-order valence-corrected chi connectivity index (χ4v) is 2.99. The van der Waals surface area contributed by atoms with Gasteiger partial charge in [-0.2, -0.15) is 0 Å². The normalized spacial score (nSPS) is 11.9. The molecule has 0 aliphatic heterocycles. The van der Waals surface area contributed by atoms with Gasteiger partial charge in [0.1, 0.15) is 0 Å². The van der Waals surface area contributed by atoms with Crippen LogP contribution in [0.4, 0.5) is 5.69 Å². The molecular weight excluding hydrogens is 406 g/mol. The molecule has 0 unspecified atom stereocenters. The molecule has 0 heterocycles. The number of hydrogen-bond donors (Lipinski definition) is 2. The van der Waals surface area contributed by atoms with E-state index in [1.165, 1.54) is 0 Å². The Morgan fingerprint density at radius 3 is 2.26 bits per heavy atom. The zero-order valence-corrected chi connectivity index (χ0v) is 17.8. The summed E-state index contributed by atoms with van der Waals surface area (Å²) in [5, 5.41) is 5.59. The molecule has 0 aliphatic carbocycles. The number of aryl methyl sites for hydroxylation is 2. The molecule has 5 nitrogen and oxygen atoms in total. The third-order valence-corrected chi connectivity index (χ3v) is 5.08. The van der Waals surface area contributed by atoms with Crippen LogP contribution in [0.3, 0.4) is 0 Å². The topological polar surface area (TPSA) is 61.4 Å². The van der Waals surface area contributed by atoms with Gasteiger partial charge in [0, 0.05) is 16.7 Å². The molecule has 0 saturated carbocycles. The molecule has 2 amide bonds. The summed E-state index contributed by atoms with van der Waals surface area (Å²) in [5.41, 5.74) is 3.92. The lowest BCUT2D eigenvalue weighted by atomic mass is 10.1. The maximum absolute atomic E-state index is 12.4. The zero-order valence-electron chi connectivity index (χ0n) is 16.2. The summed E-state index contributed by atoms with van der Waals surface area (Å²) in [5.74, 6) is -0.408. The average Bonchev–Trinajstić information content (AvgIpc) is 2.64. The molecule has 0 radical (unpaired) electrons. The van der Waals surface area contributed by atoms with E-state index >= 15 is 0 Å². The van der Waals surface area contributed by atoms with Crippen molar-refractivity contribution in [2.24, 2.45) is 0 Å². The molecule has 27 heavy (non-hydrogen) atoms. The van der Waals surface area contributed by atoms with Crippen molar-refractivity contribution in [2.45, 2.75) is 33.4 Å². The van der Waals surface area contributed by atoms with E-state index in [0.717, 1.165) is 26.9 Å². The second-order valence-corrected chi connectivity index (χ2v) is 7.67. The van der Waals surface area contributed by atoms with Crippen LogP contribution in [0.25, 0.3) is 0 Å². The molecule has 2 aromatic carbocycles. The Balaban J connectivity index is 1.84. The van der Waals surface area contributed by atoms with Gasteiger partial charge in [-0.3, -0.25) is 14.5 Å². The van der Waals surface area contributed by atoms with Gasteiger partial charge in [0.2, 0.25) is 11.8 Å². The van der Waals surface area contributed by atoms with E-state index in [4.69, 9.17) is 0 Å². The number of hydrogen-bond acceptors (Lipinski definition) is 3. The molecule has 2 rings (SSSR count). The minimum Gasteiger partial charge on any atom is -0.346 e. The monoisotopic (exact) mass is 431 g/mol. The van der Waals surface area contributed by atoms with Gasteiger partial charge in [0.05, 0.1) is 12.6 Å². The summed E-state index contributed by atoms with van der Waals surface area (Å²) in [7, 11) is 1.89. The maximum atomic E-state index is 12.4. The van der Waals surface area contributed by atoms with E-state index in [9.17, 15) is 9.59 Å². The number of anilines is 1. The molecule has 0 saturated heterocycles. The molecule has 6 heteroatoms. The highest BCUT2D eigenvalue weighted by Crippen LogP contribution is 2.19. The third kappa shape index (κ3) is 6.19. The predicted molar refractivity (Wildman–Crippen MR) is 113 cm³/mol. The minimum atomic E-state index is -0.346. The van der Waals surface area contributed by atoms with Crippen molar-refractivity contribution in [3.8, 4) is 0 Å². The van der Waals surface area contributed by atoms with Gasteiger partial charge in [-0.15, -0.1) is 0 Å². The zero-order chi connectivity index (χ0) is 20.0. The Bertz CT molecular complexity index is 785. The van der Waals surface area contributed by atoms with Crippen LogP contribution < -0.4 is 10.6 Å². The van der Waals surface area contributed by atoms with E-state index in [1.807, 2.05) is 75.2 Å². The number of rotatable bonds is 7. The van der Waals surface area contributed by atoms with Crippen LogP contribution in [0, 0.1) is 13.8 Å². The van der Waals surface area contributed by atoms with Crippen molar-refractivity contribution in [1.29, 1.82) is 0 Å². The Morgan fingerprint density at radius 2 is 1.67 bits per heavy atom. The molecule has 144 valence electrons. The number of carbonyl (C=O) groups excluding carboxylic acids is 2. The van der Waals surface area contributed by atoms with Crippen molar-refractivity contribution in [3.05, 3.63) is 63.6 Å². The Kier molecular flexibility index (Phi) is 7.56. The molecule has 0 aromatic heterocycles. The average molecular weight is 432 g/mol. The van der Waals surface area contributed by atoms with Gasteiger partial charge >= 0.3 is 0 Å². The number of halogens is 1. The summed E-state index contributed by atoms with van der Waals surface area (Å²) >= 11 is 3.41. The molecule has 0 bridgehead atoms. The predicted octanol–water partition coefficient (Wildman–Crippen LogP) is 3.64. The fourth-order valence-electron chi connectivity index (χ4n) is 2.73. The molecule has 2 aromatic rings. The first-order chi connectivity index (χ1) is 12.8. The van der Waals surface area contributed by atoms with Crippen LogP contribution >= 0.6 is 15.9 Å². The van der Waals surface area contributed by atoms with Crippen LogP contribution in [-0.4, -0.2) is 36.3 Å². The summed E-state index contributed by atoms with van der Waals surface area (Å²) < 4.78 is 1.02. The largest absolute Gasteiger partial charge is 0.346 e. The van der Waals surface area contributed by atoms with Crippen molar-refractivity contribution in [2.75, 3.05) is 18.9 Å². The highest BCUT2D eigenvalue weighted by molar-refractivity contribution is 9.10. The van der Waals surface area contributed by atoms with Crippen LogP contribution in [0.2, 0.25) is 0 Å². The summed E-state index contributed by atoms with van der Waals surface area (Å²) in [4.78, 5) is 26.5. The lowest BCUT2D eigenvalue weighted by Crippen LogP contribution is -2.45. The second-order valence-electron chi connectivity index (χ2n) is 6.75. The van der Waals surface area contributed by atoms with E-state index in [1.54, 1.807) is 0 Å². The molecular formula is C21H26BrN3O2. The molecule has 0 fully saturated rings. The number of carbonyl (C=O) groups is 2. The summed E-state index contributed by atoms with van der Waals surface area (Å²) in [6, 6.07) is 13.5. The second kappa shape index (κ2) is 9.67. The van der Waals surface area contributed by atoms with Gasteiger partial charge in [-0.05, 0) is 56.6 Å². The van der Waals surface area contributed by atoms with E-state index in [0.29, 0.717) is 6.54 Å². The fraction of sp³-hybridized carbons (Fsp3) is 0.333. The smallest absolute Gasteiger partial charge is 0.243 e. The Labute approximate surface area is 169 Å². The first-order valence-electron chi connectivity index (χ1n) is 8.86. The van der Waals surface area contributed by atoms with E-state index in [2.05, 4.69) is 26.6 Å². The van der Waals surface area contributed by atoms with Crippen molar-refractivity contribution < 1.29 is 9.59 Å². The van der Waals surface area contributed by atoms with Crippen molar-refractivity contribution in [1.82, 2.24) is 10.2 Å². The number of nitrogens with zero attached hydrogens (tertiary/aromatic N) is 1. The SMILES string of the molecule is Cc1cccc(C)c1NC(=O)CNC(=O)[C@@H](C)N(C)Cc1ccc(Br)cc1. The van der Waals surface area contributed by atoms with Crippen molar-refractivity contribution >= 4 is 33.4 Å². The summed E-state index contributed by atoms with van der Waals surface area (Å²) in [6.07, 6.45) is 0. The standard InChI is InChI=1S/C21H26BrN3O2/c1-14-6-5-7-15(2)20(14)24-19(26)12-23-21(27)16(3)25(4)13-17-8-10-18(22)11-9-17/h5-11,16H,12-13H2,1-4H3,(H,23,27)(H,24,26)/t16-/m1/s1. The number of nitrogens with one attached hydrogen (secondary N) is 2. The number of benzene rings is 2. The van der Waals surface area contributed by atoms with E-state index in [-0.39, 0.29) is 24.4 Å². The highest BCUT2D eigenvalue weighted by atomic mass is 79.9. The third-order valence-electron chi connectivity index (χ3n) is 4.55. The number of likely N-dealkylation sites (N-methyl/N-ethyl adjacent to an activating group) is 1. The van der Waals surface area contributed by atoms with E-state index < -0.39 is 0 Å². The first-order valence-corrected chi connectivity index (χ1v) is 9.65. The lowest BCUT2D eigenvalue weighted by molar-refractivity contribution is -0.127. The van der Waals surface area contributed by atoms with Gasteiger partial charge < -0.3 is 10.6 Å². The first kappa shape index (κ1) is 21.1. The van der Waals surface area contributed by atoms with Gasteiger partial charge in [0.15, 0.2) is 0 Å². The maximum Gasteiger partial charge on any atom is 0.243 e. The van der Waals surface area contributed by atoms with Crippen LogP contribution in [0.5, 0.6) is 0 Å². The molecule has 2 N–H and O–H groups in total. The lowest BCUT2D eigenvalue weighted by Gasteiger charge is -2.24. The van der Waals surface area contributed by atoms with Gasteiger partial charge in [-0.25, -0.2) is 0 Å². The van der Waals surface area contributed by atoms with Crippen LogP contribution in [-0.2, 0) is 16.1 Å². The van der Waals surface area contributed by atoms with Crippen LogP contribution in [0.1, 0.15) is 23.6 Å². The number of amides is 2. The van der Waals surface area contributed by atoms with Gasteiger partial charge in [-0.1, -0.05) is 46.3 Å². The van der Waals surface area contributed by atoms with Gasteiger partial charge in [0.25, 0.3) is 0 Å². The number of para-hydroxylation sites is 1. The minimum absolute atomic E-state index is 0.0525. The molecule has 0 aliphatic rings. The van der Waals surface area contributed by atoms with Crippen LogP contribution in [0.15, 0.2) is 46.9 Å². The quantitative estimate of drug-likeness (QED) is 0.703. The highest BCUT2D eigenvalue weighted by Gasteiger charge is 2.19. The summed E-state index contributed by atoms with van der Waals surface area (Å²) in [6.45, 7) is 6.32. The Morgan fingerprint density at radius 1 is 1.07 bits per heavy atom. The molecule has 0 spiro atoms. The Hall–Kier alpha value is -2.18. The van der Waals surface area contributed by atoms with Crippen molar-refractivity contribution in [3.63, 3.8) is 0 Å².